The van der Waals surface area contributed by atoms with E-state index in [-0.39, 0.29) is 12.1 Å². The fourth-order valence-electron chi connectivity index (χ4n) is 1.42. The fourth-order valence-corrected chi connectivity index (χ4v) is 1.42. The van der Waals surface area contributed by atoms with E-state index in [1.54, 1.807) is 0 Å². The Kier molecular flexibility index (Phi) is 2.86. The number of halogens is 2. The van der Waals surface area contributed by atoms with Gasteiger partial charge in [0.25, 0.3) is 5.56 Å². The Balaban J connectivity index is 2.41. The zero-order valence-corrected chi connectivity index (χ0v) is 8.61. The van der Waals surface area contributed by atoms with Gasteiger partial charge in [-0.2, -0.15) is 0 Å². The lowest BCUT2D eigenvalue weighted by Gasteiger charge is -2.05. The van der Waals surface area contributed by atoms with Crippen LogP contribution in [0.4, 0.5) is 8.78 Å². The minimum absolute atomic E-state index is 0.0409. The van der Waals surface area contributed by atoms with Gasteiger partial charge in [-0.1, -0.05) is 0 Å². The molecule has 0 aliphatic carbocycles. The number of nitrogens with one attached hydrogen (secondary N) is 1. The van der Waals surface area contributed by atoms with Crippen molar-refractivity contribution in [3.8, 4) is 0 Å². The monoisotopic (exact) mass is 238 g/mol. The molecule has 0 aliphatic rings. The van der Waals surface area contributed by atoms with E-state index in [1.807, 2.05) is 4.98 Å². The first-order valence-electron chi connectivity index (χ1n) is 4.80. The van der Waals surface area contributed by atoms with Gasteiger partial charge in [0.2, 0.25) is 0 Å². The van der Waals surface area contributed by atoms with Crippen molar-refractivity contribution in [3.63, 3.8) is 0 Å². The third kappa shape index (κ3) is 2.47. The second-order valence-corrected chi connectivity index (χ2v) is 3.47. The molecule has 1 N–H and O–H groups in total. The molecule has 1 aromatic heterocycles. The van der Waals surface area contributed by atoms with Crippen LogP contribution in [0.3, 0.4) is 0 Å². The third-order valence-corrected chi connectivity index (χ3v) is 2.25. The summed E-state index contributed by atoms with van der Waals surface area (Å²) in [4.78, 5) is 24.2. The molecule has 6 heteroatoms. The first-order valence-corrected chi connectivity index (χ1v) is 4.80. The number of hydrogen-bond acceptors (Lipinski definition) is 2. The van der Waals surface area contributed by atoms with Gasteiger partial charge in [-0.15, -0.1) is 0 Å². The molecule has 2 rings (SSSR count). The Morgan fingerprint density at radius 2 is 1.94 bits per heavy atom. The molecule has 0 amide bonds. The standard InChI is InChI=1S/C11H8F2N2O2/c12-8-1-2-9(13)7(5-8)6-15-4-3-10(16)14-11(15)17/h1-5H,6H2,(H,14,16,17). The van der Waals surface area contributed by atoms with Gasteiger partial charge in [-0.25, -0.2) is 13.6 Å². The van der Waals surface area contributed by atoms with Crippen molar-refractivity contribution in [2.75, 3.05) is 0 Å². The van der Waals surface area contributed by atoms with E-state index in [1.165, 1.54) is 6.20 Å². The predicted octanol–water partition coefficient (Wildman–Crippen LogP) is 0.863. The summed E-state index contributed by atoms with van der Waals surface area (Å²) >= 11 is 0. The van der Waals surface area contributed by atoms with E-state index in [9.17, 15) is 18.4 Å². The average molecular weight is 238 g/mol. The van der Waals surface area contributed by atoms with Crippen molar-refractivity contribution in [2.45, 2.75) is 6.54 Å². The van der Waals surface area contributed by atoms with Crippen LogP contribution in [0, 0.1) is 11.6 Å². The highest BCUT2D eigenvalue weighted by Crippen LogP contribution is 2.10. The summed E-state index contributed by atoms with van der Waals surface area (Å²) in [5, 5.41) is 0. The molecular weight excluding hydrogens is 230 g/mol. The van der Waals surface area contributed by atoms with Gasteiger partial charge < -0.3 is 0 Å². The molecule has 0 saturated heterocycles. The molecule has 0 radical (unpaired) electrons. The molecule has 4 nitrogen and oxygen atoms in total. The number of aromatic nitrogens is 2. The normalized spacial score (nSPS) is 10.5. The van der Waals surface area contributed by atoms with Gasteiger partial charge in [0, 0.05) is 17.8 Å². The molecule has 0 atom stereocenters. The number of hydrogen-bond donors (Lipinski definition) is 1. The Bertz CT molecular complexity index is 661. The first kappa shape index (κ1) is 11.3. The maximum atomic E-state index is 13.3. The van der Waals surface area contributed by atoms with Crippen LogP contribution in [0.1, 0.15) is 5.56 Å². The van der Waals surface area contributed by atoms with Gasteiger partial charge in [-0.3, -0.25) is 14.3 Å². The lowest BCUT2D eigenvalue weighted by atomic mass is 10.2. The molecule has 0 fully saturated rings. The van der Waals surface area contributed by atoms with Gasteiger partial charge >= 0.3 is 5.69 Å². The van der Waals surface area contributed by atoms with Crippen LogP contribution in [0.25, 0.3) is 0 Å². The Morgan fingerprint density at radius 3 is 2.65 bits per heavy atom. The second-order valence-electron chi connectivity index (χ2n) is 3.47. The zero-order chi connectivity index (χ0) is 12.4. The van der Waals surface area contributed by atoms with E-state index in [0.29, 0.717) is 0 Å². The summed E-state index contributed by atoms with van der Waals surface area (Å²) < 4.78 is 27.3. The maximum absolute atomic E-state index is 13.3. The SMILES string of the molecule is O=c1ccn(Cc2cc(F)ccc2F)c(=O)[nH]1. The fraction of sp³-hybridized carbons (Fsp3) is 0.0909. The second kappa shape index (κ2) is 4.32. The third-order valence-electron chi connectivity index (χ3n) is 2.25. The predicted molar refractivity (Wildman–Crippen MR) is 56.8 cm³/mol. The van der Waals surface area contributed by atoms with Crippen molar-refractivity contribution in [3.05, 3.63) is 68.5 Å². The minimum Gasteiger partial charge on any atom is -0.296 e. The molecule has 0 aliphatic heterocycles. The highest BCUT2D eigenvalue weighted by molar-refractivity contribution is 5.19. The molecule has 17 heavy (non-hydrogen) atoms. The molecule has 2 aromatic rings. The molecule has 0 bridgehead atoms. The molecule has 0 spiro atoms. The topological polar surface area (TPSA) is 54.9 Å². The lowest BCUT2D eigenvalue weighted by molar-refractivity contribution is 0.572. The minimum atomic E-state index is -0.666. The van der Waals surface area contributed by atoms with E-state index >= 15 is 0 Å². The van der Waals surface area contributed by atoms with Crippen LogP contribution < -0.4 is 11.2 Å². The smallest absolute Gasteiger partial charge is 0.296 e. The highest BCUT2D eigenvalue weighted by atomic mass is 19.1. The summed E-state index contributed by atoms with van der Waals surface area (Å²) in [6, 6.07) is 4.13. The van der Waals surface area contributed by atoms with E-state index in [2.05, 4.69) is 0 Å². The zero-order valence-electron chi connectivity index (χ0n) is 8.61. The van der Waals surface area contributed by atoms with Crippen LogP contribution >= 0.6 is 0 Å². The number of H-pyrrole nitrogens is 1. The number of aromatic amines is 1. The number of benzene rings is 1. The summed E-state index contributed by atoms with van der Waals surface area (Å²) in [6.45, 7) is -0.140. The van der Waals surface area contributed by atoms with Crippen LogP contribution in [0.5, 0.6) is 0 Å². The van der Waals surface area contributed by atoms with E-state index in [4.69, 9.17) is 0 Å². The van der Waals surface area contributed by atoms with E-state index < -0.39 is 22.9 Å². The Labute approximate surface area is 94.2 Å². The highest BCUT2D eigenvalue weighted by Gasteiger charge is 2.05. The average Bonchev–Trinajstić information content (AvgIpc) is 2.27. The van der Waals surface area contributed by atoms with Crippen molar-refractivity contribution < 1.29 is 8.78 Å². The van der Waals surface area contributed by atoms with Crippen molar-refractivity contribution in [2.24, 2.45) is 0 Å². The first-order chi connectivity index (χ1) is 8.06. The molecule has 1 aromatic carbocycles. The number of nitrogens with zero attached hydrogens (tertiary/aromatic N) is 1. The van der Waals surface area contributed by atoms with Crippen molar-refractivity contribution >= 4 is 0 Å². The molecular formula is C11H8F2N2O2. The maximum Gasteiger partial charge on any atom is 0.328 e. The van der Waals surface area contributed by atoms with Gasteiger partial charge in [-0.05, 0) is 18.2 Å². The number of rotatable bonds is 2. The van der Waals surface area contributed by atoms with Crippen LogP contribution in [-0.4, -0.2) is 9.55 Å². The quantitative estimate of drug-likeness (QED) is 0.843. The summed E-state index contributed by atoms with van der Waals surface area (Å²) in [5.74, 6) is -1.19. The molecule has 0 unspecified atom stereocenters. The Morgan fingerprint density at radius 1 is 1.18 bits per heavy atom. The van der Waals surface area contributed by atoms with E-state index in [0.717, 1.165) is 28.8 Å². The molecule has 0 saturated carbocycles. The lowest BCUT2D eigenvalue weighted by Crippen LogP contribution is -2.29. The van der Waals surface area contributed by atoms with Crippen LogP contribution in [0.2, 0.25) is 0 Å². The van der Waals surface area contributed by atoms with Crippen LogP contribution in [0.15, 0.2) is 40.1 Å². The van der Waals surface area contributed by atoms with Crippen LogP contribution in [-0.2, 0) is 6.54 Å². The Hall–Kier alpha value is -2.24. The van der Waals surface area contributed by atoms with Crippen molar-refractivity contribution in [1.29, 1.82) is 0 Å². The van der Waals surface area contributed by atoms with Gasteiger partial charge in [0.1, 0.15) is 11.6 Å². The molecule has 88 valence electrons. The summed E-state index contributed by atoms with van der Waals surface area (Å²) in [7, 11) is 0. The summed E-state index contributed by atoms with van der Waals surface area (Å²) in [5.41, 5.74) is -1.16. The van der Waals surface area contributed by atoms with Gasteiger partial charge in [0.15, 0.2) is 0 Å². The van der Waals surface area contributed by atoms with Gasteiger partial charge in [0.05, 0.1) is 6.54 Å². The molecule has 1 heterocycles. The largest absolute Gasteiger partial charge is 0.328 e. The van der Waals surface area contributed by atoms with Crippen molar-refractivity contribution in [1.82, 2.24) is 9.55 Å². The summed E-state index contributed by atoms with van der Waals surface area (Å²) in [6.07, 6.45) is 1.23.